The average Bonchev–Trinajstić information content (AvgIpc) is 3.05. The molecule has 1 N–H and O–H groups in total. The first-order chi connectivity index (χ1) is 11.0. The van der Waals surface area contributed by atoms with Gasteiger partial charge < -0.3 is 9.52 Å². The fourth-order valence-electron chi connectivity index (χ4n) is 2.62. The van der Waals surface area contributed by atoms with Crippen LogP contribution in [0.15, 0.2) is 58.7 Å². The molecule has 1 aliphatic carbocycles. The molecule has 1 unspecified atom stereocenters. The standard InChI is InChI=1S/C19H19NO3/c1-12(2)13-3-5-14(6-4-13)17-11-20-18(23-17)15-7-9-16(10-8-15)19(21)22/h3-5,7-12,14H,6H2,1-2H3,(H,21,22). The van der Waals surface area contributed by atoms with Gasteiger partial charge in [0.05, 0.1) is 11.8 Å². The van der Waals surface area contributed by atoms with Crippen LogP contribution < -0.4 is 0 Å². The molecule has 2 aromatic rings. The van der Waals surface area contributed by atoms with Crippen LogP contribution in [-0.4, -0.2) is 16.1 Å². The molecule has 0 radical (unpaired) electrons. The van der Waals surface area contributed by atoms with Gasteiger partial charge >= 0.3 is 5.97 Å². The predicted octanol–water partition coefficient (Wildman–Crippen LogP) is 4.67. The second-order valence-electron chi connectivity index (χ2n) is 6.01. The average molecular weight is 309 g/mol. The molecular weight excluding hydrogens is 290 g/mol. The van der Waals surface area contributed by atoms with Crippen LogP contribution in [0.1, 0.15) is 42.3 Å². The predicted molar refractivity (Wildman–Crippen MR) is 88.3 cm³/mol. The minimum Gasteiger partial charge on any atom is -0.478 e. The number of aromatic nitrogens is 1. The van der Waals surface area contributed by atoms with Gasteiger partial charge in [-0.2, -0.15) is 0 Å². The van der Waals surface area contributed by atoms with Gasteiger partial charge in [-0.25, -0.2) is 9.78 Å². The van der Waals surface area contributed by atoms with E-state index in [1.54, 1.807) is 30.5 Å². The number of aromatic carboxylic acids is 1. The first kappa shape index (κ1) is 15.3. The first-order valence-corrected chi connectivity index (χ1v) is 7.72. The van der Waals surface area contributed by atoms with Crippen LogP contribution in [0.3, 0.4) is 0 Å². The maximum atomic E-state index is 10.9. The second-order valence-corrected chi connectivity index (χ2v) is 6.01. The number of allylic oxidation sites excluding steroid dienone is 4. The summed E-state index contributed by atoms with van der Waals surface area (Å²) >= 11 is 0. The molecular formula is C19H19NO3. The van der Waals surface area contributed by atoms with Gasteiger partial charge in [-0.15, -0.1) is 0 Å². The fraction of sp³-hybridized carbons (Fsp3) is 0.263. The molecule has 0 saturated heterocycles. The van der Waals surface area contributed by atoms with Gasteiger partial charge in [-0.3, -0.25) is 0 Å². The summed E-state index contributed by atoms with van der Waals surface area (Å²) in [7, 11) is 0. The summed E-state index contributed by atoms with van der Waals surface area (Å²) in [5, 5.41) is 8.93. The van der Waals surface area contributed by atoms with Gasteiger partial charge in [0.15, 0.2) is 0 Å². The zero-order valence-corrected chi connectivity index (χ0v) is 13.2. The van der Waals surface area contributed by atoms with E-state index in [1.165, 1.54) is 5.57 Å². The second kappa shape index (κ2) is 6.24. The highest BCUT2D eigenvalue weighted by Gasteiger charge is 2.17. The Morgan fingerprint density at radius 2 is 2.04 bits per heavy atom. The molecule has 0 amide bonds. The van der Waals surface area contributed by atoms with Crippen molar-refractivity contribution < 1.29 is 14.3 Å². The van der Waals surface area contributed by atoms with Crippen molar-refractivity contribution in [2.75, 3.05) is 0 Å². The summed E-state index contributed by atoms with van der Waals surface area (Å²) in [5.74, 6) is 1.15. The van der Waals surface area contributed by atoms with Gasteiger partial charge in [0, 0.05) is 11.5 Å². The lowest BCUT2D eigenvalue weighted by atomic mass is 9.90. The number of rotatable bonds is 4. The Morgan fingerprint density at radius 3 is 2.61 bits per heavy atom. The summed E-state index contributed by atoms with van der Waals surface area (Å²) in [6, 6.07) is 6.54. The Balaban J connectivity index is 1.76. The molecule has 0 aliphatic heterocycles. The Morgan fingerprint density at radius 1 is 1.30 bits per heavy atom. The van der Waals surface area contributed by atoms with Gasteiger partial charge in [-0.05, 0) is 42.2 Å². The van der Waals surface area contributed by atoms with Crippen molar-refractivity contribution in [2.24, 2.45) is 5.92 Å². The van der Waals surface area contributed by atoms with E-state index in [9.17, 15) is 4.79 Å². The molecule has 0 bridgehead atoms. The van der Waals surface area contributed by atoms with Gasteiger partial charge in [0.25, 0.3) is 0 Å². The van der Waals surface area contributed by atoms with Crippen molar-refractivity contribution in [1.29, 1.82) is 0 Å². The molecule has 118 valence electrons. The SMILES string of the molecule is CC(C)C1=CCC(c2cnc(-c3ccc(C(=O)O)cc3)o2)C=C1. The highest BCUT2D eigenvalue weighted by molar-refractivity contribution is 5.88. The van der Waals surface area contributed by atoms with Gasteiger partial charge in [0.2, 0.25) is 5.89 Å². The van der Waals surface area contributed by atoms with Crippen molar-refractivity contribution in [3.05, 3.63) is 65.6 Å². The lowest BCUT2D eigenvalue weighted by molar-refractivity contribution is 0.0697. The van der Waals surface area contributed by atoms with E-state index in [2.05, 4.69) is 37.1 Å². The number of carboxylic acid groups (broad SMARTS) is 1. The minimum absolute atomic E-state index is 0.206. The Bertz CT molecular complexity index is 766. The van der Waals surface area contributed by atoms with Crippen LogP contribution in [0, 0.1) is 5.92 Å². The number of carboxylic acids is 1. The normalized spacial score (nSPS) is 17.3. The van der Waals surface area contributed by atoms with Crippen molar-refractivity contribution in [3.63, 3.8) is 0 Å². The molecule has 1 aromatic heterocycles. The molecule has 1 aliphatic rings. The number of oxazole rings is 1. The summed E-state index contributed by atoms with van der Waals surface area (Å²) in [6.07, 6.45) is 9.23. The molecule has 1 aromatic carbocycles. The third kappa shape index (κ3) is 3.26. The number of carbonyl (C=O) groups is 1. The van der Waals surface area contributed by atoms with Crippen LogP contribution in [-0.2, 0) is 0 Å². The van der Waals surface area contributed by atoms with Crippen LogP contribution in [0.2, 0.25) is 0 Å². The Hall–Kier alpha value is -2.62. The molecule has 1 heterocycles. The fourth-order valence-corrected chi connectivity index (χ4v) is 2.62. The number of hydrogen-bond donors (Lipinski definition) is 1. The Kier molecular flexibility index (Phi) is 4.15. The largest absolute Gasteiger partial charge is 0.478 e. The number of hydrogen-bond acceptors (Lipinski definition) is 3. The van der Waals surface area contributed by atoms with Crippen LogP contribution in [0.4, 0.5) is 0 Å². The highest BCUT2D eigenvalue weighted by atomic mass is 16.4. The molecule has 0 saturated carbocycles. The van der Waals surface area contributed by atoms with E-state index >= 15 is 0 Å². The molecule has 4 heteroatoms. The summed E-state index contributed by atoms with van der Waals surface area (Å²) < 4.78 is 5.87. The van der Waals surface area contributed by atoms with E-state index in [1.807, 2.05) is 0 Å². The molecule has 1 atom stereocenters. The number of nitrogens with zero attached hydrogens (tertiary/aromatic N) is 1. The van der Waals surface area contributed by atoms with Crippen LogP contribution in [0.5, 0.6) is 0 Å². The maximum absolute atomic E-state index is 10.9. The number of benzene rings is 1. The van der Waals surface area contributed by atoms with Crippen molar-refractivity contribution in [3.8, 4) is 11.5 Å². The van der Waals surface area contributed by atoms with Crippen LogP contribution in [0.25, 0.3) is 11.5 Å². The van der Waals surface area contributed by atoms with Crippen molar-refractivity contribution >= 4 is 5.97 Å². The Labute approximate surface area is 135 Å². The third-order valence-corrected chi connectivity index (χ3v) is 4.06. The molecule has 4 nitrogen and oxygen atoms in total. The van der Waals surface area contributed by atoms with Crippen molar-refractivity contribution in [1.82, 2.24) is 4.98 Å². The van der Waals surface area contributed by atoms with Crippen molar-refractivity contribution in [2.45, 2.75) is 26.2 Å². The third-order valence-electron chi connectivity index (χ3n) is 4.06. The molecule has 0 fully saturated rings. The first-order valence-electron chi connectivity index (χ1n) is 7.72. The van der Waals surface area contributed by atoms with Gasteiger partial charge in [-0.1, -0.05) is 32.1 Å². The smallest absolute Gasteiger partial charge is 0.335 e. The van der Waals surface area contributed by atoms with E-state index in [0.717, 1.165) is 17.7 Å². The van der Waals surface area contributed by atoms with Crippen LogP contribution >= 0.6 is 0 Å². The zero-order valence-electron chi connectivity index (χ0n) is 13.2. The zero-order chi connectivity index (χ0) is 16.4. The van der Waals surface area contributed by atoms with E-state index in [0.29, 0.717) is 11.8 Å². The summed E-state index contributed by atoms with van der Waals surface area (Å²) in [4.78, 5) is 15.2. The molecule has 3 rings (SSSR count). The molecule has 0 spiro atoms. The van der Waals surface area contributed by atoms with E-state index in [4.69, 9.17) is 9.52 Å². The molecule has 23 heavy (non-hydrogen) atoms. The van der Waals surface area contributed by atoms with E-state index in [-0.39, 0.29) is 11.5 Å². The van der Waals surface area contributed by atoms with Gasteiger partial charge in [0.1, 0.15) is 5.76 Å². The topological polar surface area (TPSA) is 63.3 Å². The highest BCUT2D eigenvalue weighted by Crippen LogP contribution is 2.31. The lowest BCUT2D eigenvalue weighted by Gasteiger charge is -2.15. The lowest BCUT2D eigenvalue weighted by Crippen LogP contribution is -2.00. The summed E-state index contributed by atoms with van der Waals surface area (Å²) in [6.45, 7) is 4.37. The minimum atomic E-state index is -0.940. The maximum Gasteiger partial charge on any atom is 0.335 e. The quantitative estimate of drug-likeness (QED) is 0.891. The summed E-state index contributed by atoms with van der Waals surface area (Å²) in [5.41, 5.74) is 2.38. The van der Waals surface area contributed by atoms with E-state index < -0.39 is 5.97 Å². The monoisotopic (exact) mass is 309 g/mol.